The van der Waals surface area contributed by atoms with E-state index >= 15 is 0 Å². The molecule has 0 aliphatic carbocycles. The van der Waals surface area contributed by atoms with Crippen molar-refractivity contribution in [1.29, 1.82) is 0 Å². The molecular formula is C9H12OS. The maximum absolute atomic E-state index is 5.02. The first-order chi connectivity index (χ1) is 5.24. The van der Waals surface area contributed by atoms with Crippen molar-refractivity contribution in [2.75, 3.05) is 7.11 Å². The van der Waals surface area contributed by atoms with Crippen LogP contribution in [0.2, 0.25) is 0 Å². The summed E-state index contributed by atoms with van der Waals surface area (Å²) in [6, 6.07) is 7.94. The van der Waals surface area contributed by atoms with Crippen LogP contribution in [0, 0.1) is 0 Å². The lowest BCUT2D eigenvalue weighted by Gasteiger charge is -2.04. The number of thiol groups is 1. The smallest absolute Gasteiger partial charge is 0.118 e. The number of rotatable bonds is 2. The molecule has 1 rings (SSSR count). The molecule has 0 spiro atoms. The van der Waals surface area contributed by atoms with Crippen LogP contribution in [0.4, 0.5) is 0 Å². The molecule has 0 N–H and O–H groups in total. The van der Waals surface area contributed by atoms with Crippen molar-refractivity contribution in [2.24, 2.45) is 0 Å². The van der Waals surface area contributed by atoms with Crippen molar-refractivity contribution in [1.82, 2.24) is 0 Å². The molecule has 0 aliphatic rings. The first-order valence-electron chi connectivity index (χ1n) is 3.56. The van der Waals surface area contributed by atoms with Crippen LogP contribution < -0.4 is 4.74 Å². The van der Waals surface area contributed by atoms with E-state index in [1.165, 1.54) is 5.56 Å². The lowest BCUT2D eigenvalue weighted by Crippen LogP contribution is -1.85. The third-order valence-corrected chi connectivity index (χ3v) is 1.90. The first kappa shape index (κ1) is 8.47. The molecule has 0 saturated heterocycles. The first-order valence-corrected chi connectivity index (χ1v) is 4.07. The Labute approximate surface area is 72.8 Å². The maximum Gasteiger partial charge on any atom is 0.118 e. The minimum atomic E-state index is 0.293. The summed E-state index contributed by atoms with van der Waals surface area (Å²) in [6.45, 7) is 2.05. The van der Waals surface area contributed by atoms with Crippen molar-refractivity contribution in [3.63, 3.8) is 0 Å². The van der Waals surface area contributed by atoms with Gasteiger partial charge < -0.3 is 4.74 Å². The molecule has 1 aromatic rings. The summed E-state index contributed by atoms with van der Waals surface area (Å²) in [5, 5.41) is 0.293. The topological polar surface area (TPSA) is 9.23 Å². The van der Waals surface area contributed by atoms with Gasteiger partial charge in [0.05, 0.1) is 7.11 Å². The van der Waals surface area contributed by atoms with Crippen LogP contribution in [0.5, 0.6) is 5.75 Å². The van der Waals surface area contributed by atoms with Crippen LogP contribution in [0.15, 0.2) is 24.3 Å². The average Bonchev–Trinajstić information content (AvgIpc) is 2.05. The van der Waals surface area contributed by atoms with Gasteiger partial charge in [0, 0.05) is 5.25 Å². The fourth-order valence-electron chi connectivity index (χ4n) is 0.882. The molecule has 0 fully saturated rings. The van der Waals surface area contributed by atoms with Crippen molar-refractivity contribution in [2.45, 2.75) is 12.2 Å². The molecule has 0 bridgehead atoms. The van der Waals surface area contributed by atoms with E-state index in [0.29, 0.717) is 5.25 Å². The highest BCUT2D eigenvalue weighted by molar-refractivity contribution is 7.80. The lowest BCUT2D eigenvalue weighted by molar-refractivity contribution is 0.414. The van der Waals surface area contributed by atoms with Gasteiger partial charge in [-0.1, -0.05) is 12.1 Å². The fourth-order valence-corrected chi connectivity index (χ4v) is 1.05. The summed E-state index contributed by atoms with van der Waals surface area (Å²) in [4.78, 5) is 0. The summed E-state index contributed by atoms with van der Waals surface area (Å²) >= 11 is 4.31. The normalized spacial score (nSPS) is 12.6. The molecule has 60 valence electrons. The van der Waals surface area contributed by atoms with Gasteiger partial charge in [0.15, 0.2) is 0 Å². The van der Waals surface area contributed by atoms with Crippen LogP contribution in [-0.2, 0) is 0 Å². The molecule has 0 radical (unpaired) electrons. The Kier molecular flexibility index (Phi) is 2.83. The predicted molar refractivity (Wildman–Crippen MR) is 50.4 cm³/mol. The third-order valence-electron chi connectivity index (χ3n) is 1.60. The number of methoxy groups -OCH3 is 1. The molecule has 0 unspecified atom stereocenters. The molecule has 1 aromatic carbocycles. The minimum Gasteiger partial charge on any atom is -0.497 e. The zero-order valence-corrected chi connectivity index (χ0v) is 7.64. The Morgan fingerprint density at radius 2 is 1.82 bits per heavy atom. The van der Waals surface area contributed by atoms with Crippen LogP contribution in [0.25, 0.3) is 0 Å². The van der Waals surface area contributed by atoms with Crippen LogP contribution in [0.1, 0.15) is 17.7 Å². The third kappa shape index (κ3) is 2.15. The van der Waals surface area contributed by atoms with E-state index in [0.717, 1.165) is 5.75 Å². The molecule has 0 aromatic heterocycles. The van der Waals surface area contributed by atoms with Crippen LogP contribution in [0.3, 0.4) is 0 Å². The fraction of sp³-hybridized carbons (Fsp3) is 0.333. The Morgan fingerprint density at radius 3 is 2.18 bits per heavy atom. The highest BCUT2D eigenvalue weighted by atomic mass is 32.1. The minimum absolute atomic E-state index is 0.293. The lowest BCUT2D eigenvalue weighted by atomic mass is 10.2. The summed E-state index contributed by atoms with van der Waals surface area (Å²) in [6.07, 6.45) is 0. The van der Waals surface area contributed by atoms with Gasteiger partial charge in [-0.2, -0.15) is 12.6 Å². The number of hydrogen-bond donors (Lipinski definition) is 1. The Bertz CT molecular complexity index is 216. The number of ether oxygens (including phenoxy) is 1. The van der Waals surface area contributed by atoms with E-state index in [-0.39, 0.29) is 0 Å². The Hall–Kier alpha value is -0.630. The summed E-state index contributed by atoms with van der Waals surface area (Å²) in [5.74, 6) is 0.891. The second-order valence-electron chi connectivity index (χ2n) is 2.45. The maximum atomic E-state index is 5.02. The van der Waals surface area contributed by atoms with Gasteiger partial charge in [0.1, 0.15) is 5.75 Å². The zero-order chi connectivity index (χ0) is 8.27. The standard InChI is InChI=1S/C9H12OS/c1-7(11)8-3-5-9(10-2)6-4-8/h3-7,11H,1-2H3/t7-/m1/s1. The van der Waals surface area contributed by atoms with Gasteiger partial charge in [-0.25, -0.2) is 0 Å². The van der Waals surface area contributed by atoms with Gasteiger partial charge >= 0.3 is 0 Å². The van der Waals surface area contributed by atoms with E-state index in [9.17, 15) is 0 Å². The number of hydrogen-bond acceptors (Lipinski definition) is 2. The van der Waals surface area contributed by atoms with Crippen molar-refractivity contribution in [3.8, 4) is 5.75 Å². The van der Waals surface area contributed by atoms with E-state index in [1.807, 2.05) is 31.2 Å². The van der Waals surface area contributed by atoms with Crippen molar-refractivity contribution in [3.05, 3.63) is 29.8 Å². The average molecular weight is 168 g/mol. The summed E-state index contributed by atoms with van der Waals surface area (Å²) in [7, 11) is 1.67. The van der Waals surface area contributed by atoms with E-state index < -0.39 is 0 Å². The van der Waals surface area contributed by atoms with E-state index in [1.54, 1.807) is 7.11 Å². The molecule has 0 aliphatic heterocycles. The molecule has 0 amide bonds. The molecule has 1 nitrogen and oxygen atoms in total. The van der Waals surface area contributed by atoms with Gasteiger partial charge in [0.2, 0.25) is 0 Å². The second-order valence-corrected chi connectivity index (χ2v) is 3.22. The zero-order valence-electron chi connectivity index (χ0n) is 6.74. The molecule has 0 heterocycles. The molecule has 2 heteroatoms. The van der Waals surface area contributed by atoms with Gasteiger partial charge in [-0.3, -0.25) is 0 Å². The number of benzene rings is 1. The molecular weight excluding hydrogens is 156 g/mol. The second kappa shape index (κ2) is 3.67. The van der Waals surface area contributed by atoms with E-state index in [4.69, 9.17) is 4.74 Å². The highest BCUT2D eigenvalue weighted by Crippen LogP contribution is 2.20. The molecule has 0 saturated carbocycles. The van der Waals surface area contributed by atoms with Crippen LogP contribution in [-0.4, -0.2) is 7.11 Å². The molecule has 1 atom stereocenters. The van der Waals surface area contributed by atoms with Crippen molar-refractivity contribution < 1.29 is 4.74 Å². The van der Waals surface area contributed by atoms with Gasteiger partial charge in [-0.15, -0.1) is 0 Å². The Balaban J connectivity index is 2.83. The quantitative estimate of drug-likeness (QED) is 0.668. The molecule has 11 heavy (non-hydrogen) atoms. The monoisotopic (exact) mass is 168 g/mol. The predicted octanol–water partition coefficient (Wildman–Crippen LogP) is 2.69. The van der Waals surface area contributed by atoms with Gasteiger partial charge in [-0.05, 0) is 24.6 Å². The highest BCUT2D eigenvalue weighted by Gasteiger charge is 1.98. The van der Waals surface area contributed by atoms with Crippen LogP contribution >= 0.6 is 12.6 Å². The largest absolute Gasteiger partial charge is 0.497 e. The van der Waals surface area contributed by atoms with E-state index in [2.05, 4.69) is 12.6 Å². The Morgan fingerprint density at radius 1 is 1.27 bits per heavy atom. The van der Waals surface area contributed by atoms with Gasteiger partial charge in [0.25, 0.3) is 0 Å². The van der Waals surface area contributed by atoms with Crippen molar-refractivity contribution >= 4 is 12.6 Å². The summed E-state index contributed by atoms with van der Waals surface area (Å²) in [5.41, 5.74) is 1.22. The summed E-state index contributed by atoms with van der Waals surface area (Å²) < 4.78 is 5.02. The SMILES string of the molecule is COc1ccc([C@@H](C)S)cc1.